The van der Waals surface area contributed by atoms with E-state index in [9.17, 15) is 9.59 Å². The van der Waals surface area contributed by atoms with Gasteiger partial charge in [-0.1, -0.05) is 129 Å². The van der Waals surface area contributed by atoms with Crippen LogP contribution < -0.4 is 0 Å². The molecule has 1 aromatic rings. The van der Waals surface area contributed by atoms with Gasteiger partial charge in [-0.25, -0.2) is 9.59 Å². The molecule has 0 aliphatic carbocycles. The summed E-state index contributed by atoms with van der Waals surface area (Å²) in [6.45, 7) is 6.83. The van der Waals surface area contributed by atoms with Gasteiger partial charge in [0.2, 0.25) is 0 Å². The van der Waals surface area contributed by atoms with Crippen LogP contribution in [-0.4, -0.2) is 24.6 Å². The van der Waals surface area contributed by atoms with Gasteiger partial charge in [0.15, 0.2) is 0 Å². The first-order chi connectivity index (χ1) is 17.1. The molecule has 0 saturated heterocycles. The number of hydrogen-bond donors (Lipinski definition) is 0. The van der Waals surface area contributed by atoms with Crippen molar-refractivity contribution in [3.63, 3.8) is 0 Å². The molecule has 35 heavy (non-hydrogen) atoms. The van der Waals surface area contributed by atoms with E-state index in [0.717, 1.165) is 38.5 Å². The van der Waals surface area contributed by atoms with Crippen molar-refractivity contribution in [2.75, 3.05) is 6.61 Å². The molecule has 0 unspecified atom stereocenters. The average molecular weight is 489 g/mol. The molecule has 4 nitrogen and oxygen atoms in total. The molecule has 0 aliphatic heterocycles. The zero-order valence-corrected chi connectivity index (χ0v) is 23.0. The van der Waals surface area contributed by atoms with E-state index in [1.807, 2.05) is 0 Å². The SMILES string of the molecule is CCCCCCCCCCCCCCCCOC(=O)c1ccccc1C(=O)OC(CCC)CCC. The van der Waals surface area contributed by atoms with Gasteiger partial charge in [0.25, 0.3) is 0 Å². The van der Waals surface area contributed by atoms with E-state index in [4.69, 9.17) is 9.47 Å². The second-order valence-electron chi connectivity index (χ2n) is 9.88. The van der Waals surface area contributed by atoms with E-state index in [1.54, 1.807) is 24.3 Å². The van der Waals surface area contributed by atoms with E-state index < -0.39 is 11.9 Å². The molecule has 0 bridgehead atoms. The maximum absolute atomic E-state index is 12.7. The lowest BCUT2D eigenvalue weighted by atomic mass is 10.0. The summed E-state index contributed by atoms with van der Waals surface area (Å²) in [6.07, 6.45) is 21.6. The smallest absolute Gasteiger partial charge is 0.339 e. The minimum absolute atomic E-state index is 0.0999. The van der Waals surface area contributed by atoms with Crippen molar-refractivity contribution in [3.05, 3.63) is 35.4 Å². The molecule has 0 spiro atoms. The second-order valence-corrected chi connectivity index (χ2v) is 9.88. The monoisotopic (exact) mass is 488 g/mol. The lowest BCUT2D eigenvalue weighted by molar-refractivity contribution is 0.0249. The second kappa shape index (κ2) is 21.4. The summed E-state index contributed by atoms with van der Waals surface area (Å²) in [5.41, 5.74) is 0.602. The Morgan fingerprint density at radius 1 is 0.600 bits per heavy atom. The minimum atomic E-state index is -0.435. The molecule has 4 heteroatoms. The van der Waals surface area contributed by atoms with Crippen LogP contribution in [-0.2, 0) is 9.47 Å². The Kier molecular flexibility index (Phi) is 19.1. The molecule has 0 radical (unpaired) electrons. The predicted molar refractivity (Wildman–Crippen MR) is 146 cm³/mol. The highest BCUT2D eigenvalue weighted by molar-refractivity contribution is 6.03. The summed E-state index contributed by atoms with van der Waals surface area (Å²) >= 11 is 0. The Bertz CT molecular complexity index is 664. The number of ether oxygens (including phenoxy) is 2. The zero-order valence-electron chi connectivity index (χ0n) is 23.0. The molecule has 0 aliphatic rings. The van der Waals surface area contributed by atoms with Crippen molar-refractivity contribution >= 4 is 11.9 Å². The minimum Gasteiger partial charge on any atom is -0.462 e. The van der Waals surface area contributed by atoms with Crippen LogP contribution >= 0.6 is 0 Å². The fourth-order valence-corrected chi connectivity index (χ4v) is 4.50. The van der Waals surface area contributed by atoms with Crippen molar-refractivity contribution in [2.45, 2.75) is 142 Å². The highest BCUT2D eigenvalue weighted by Crippen LogP contribution is 2.17. The largest absolute Gasteiger partial charge is 0.462 e. The van der Waals surface area contributed by atoms with Crippen molar-refractivity contribution < 1.29 is 19.1 Å². The number of hydrogen-bond acceptors (Lipinski definition) is 4. The topological polar surface area (TPSA) is 52.6 Å². The third-order valence-electron chi connectivity index (χ3n) is 6.59. The first-order valence-electron chi connectivity index (χ1n) is 14.6. The van der Waals surface area contributed by atoms with E-state index in [1.165, 1.54) is 77.0 Å². The molecule has 0 amide bonds. The van der Waals surface area contributed by atoms with Gasteiger partial charge in [0.05, 0.1) is 17.7 Å². The fraction of sp³-hybridized carbons (Fsp3) is 0.742. The maximum atomic E-state index is 12.7. The van der Waals surface area contributed by atoms with E-state index in [2.05, 4.69) is 20.8 Å². The fourth-order valence-electron chi connectivity index (χ4n) is 4.50. The first kappa shape index (κ1) is 31.2. The van der Waals surface area contributed by atoms with Crippen LogP contribution in [0.3, 0.4) is 0 Å². The Labute approximate surface area is 215 Å². The van der Waals surface area contributed by atoms with Gasteiger partial charge in [0.1, 0.15) is 6.10 Å². The van der Waals surface area contributed by atoms with Crippen molar-refractivity contribution in [2.24, 2.45) is 0 Å². The Hall–Kier alpha value is -1.84. The summed E-state index contributed by atoms with van der Waals surface area (Å²) in [7, 11) is 0. The summed E-state index contributed by atoms with van der Waals surface area (Å²) in [6, 6.07) is 6.82. The number of rotatable bonds is 22. The maximum Gasteiger partial charge on any atom is 0.339 e. The summed E-state index contributed by atoms with van der Waals surface area (Å²) in [5, 5.41) is 0. The third kappa shape index (κ3) is 15.0. The van der Waals surface area contributed by atoms with Crippen LogP contribution in [0.25, 0.3) is 0 Å². The van der Waals surface area contributed by atoms with Gasteiger partial charge < -0.3 is 9.47 Å². The summed E-state index contributed by atoms with van der Waals surface area (Å²) in [5.74, 6) is -0.865. The number of unbranched alkanes of at least 4 members (excludes halogenated alkanes) is 13. The van der Waals surface area contributed by atoms with E-state index in [0.29, 0.717) is 17.7 Å². The average Bonchev–Trinajstić information content (AvgIpc) is 2.86. The van der Waals surface area contributed by atoms with Crippen molar-refractivity contribution in [1.82, 2.24) is 0 Å². The number of benzene rings is 1. The number of carbonyl (C=O) groups excluding carboxylic acids is 2. The van der Waals surface area contributed by atoms with E-state index in [-0.39, 0.29) is 6.10 Å². The number of esters is 2. The highest BCUT2D eigenvalue weighted by atomic mass is 16.5. The van der Waals surface area contributed by atoms with Gasteiger partial charge in [-0.3, -0.25) is 0 Å². The molecule has 0 N–H and O–H groups in total. The van der Waals surface area contributed by atoms with Crippen LogP contribution in [0, 0.1) is 0 Å². The van der Waals surface area contributed by atoms with Gasteiger partial charge >= 0.3 is 11.9 Å². The molecular weight excluding hydrogens is 436 g/mol. The molecule has 0 heterocycles. The van der Waals surface area contributed by atoms with Crippen LogP contribution in [0.1, 0.15) is 157 Å². The standard InChI is InChI=1S/C31H52O4/c1-4-7-8-9-10-11-12-13-14-15-16-17-18-21-26-34-30(32)28-24-19-20-25-29(28)31(33)35-27(22-5-2)23-6-3/h19-20,24-25,27H,4-18,21-23,26H2,1-3H3. The summed E-state index contributed by atoms with van der Waals surface area (Å²) < 4.78 is 11.2. The Morgan fingerprint density at radius 2 is 1.03 bits per heavy atom. The Morgan fingerprint density at radius 3 is 1.49 bits per heavy atom. The molecule has 1 aromatic carbocycles. The normalized spacial score (nSPS) is 11.1. The van der Waals surface area contributed by atoms with Crippen molar-refractivity contribution in [3.8, 4) is 0 Å². The molecule has 0 atom stereocenters. The lowest BCUT2D eigenvalue weighted by Gasteiger charge is -2.17. The lowest BCUT2D eigenvalue weighted by Crippen LogP contribution is -2.20. The van der Waals surface area contributed by atoms with Crippen LogP contribution in [0.4, 0.5) is 0 Å². The molecule has 1 rings (SSSR count). The van der Waals surface area contributed by atoms with Crippen LogP contribution in [0.2, 0.25) is 0 Å². The Balaban J connectivity index is 2.19. The molecule has 0 fully saturated rings. The van der Waals surface area contributed by atoms with Gasteiger partial charge in [-0.2, -0.15) is 0 Å². The zero-order chi connectivity index (χ0) is 25.6. The van der Waals surface area contributed by atoms with Crippen molar-refractivity contribution in [1.29, 1.82) is 0 Å². The van der Waals surface area contributed by atoms with Gasteiger partial charge in [-0.05, 0) is 31.4 Å². The third-order valence-corrected chi connectivity index (χ3v) is 6.59. The predicted octanol–water partition coefficient (Wildman–Crippen LogP) is 9.45. The quantitative estimate of drug-likeness (QED) is 0.120. The van der Waals surface area contributed by atoms with Gasteiger partial charge in [0, 0.05) is 0 Å². The molecular formula is C31H52O4. The molecule has 0 saturated carbocycles. The molecule has 0 aromatic heterocycles. The van der Waals surface area contributed by atoms with E-state index >= 15 is 0 Å². The molecule has 200 valence electrons. The highest BCUT2D eigenvalue weighted by Gasteiger charge is 2.21. The van der Waals surface area contributed by atoms with Gasteiger partial charge in [-0.15, -0.1) is 0 Å². The van der Waals surface area contributed by atoms with Crippen LogP contribution in [0.5, 0.6) is 0 Å². The first-order valence-corrected chi connectivity index (χ1v) is 14.6. The van der Waals surface area contributed by atoms with Crippen LogP contribution in [0.15, 0.2) is 24.3 Å². The summed E-state index contributed by atoms with van der Waals surface area (Å²) in [4.78, 5) is 25.3. The number of carbonyl (C=O) groups is 2.